The van der Waals surface area contributed by atoms with Gasteiger partial charge in [0.2, 0.25) is 0 Å². The van der Waals surface area contributed by atoms with Crippen molar-refractivity contribution in [3.63, 3.8) is 0 Å². The summed E-state index contributed by atoms with van der Waals surface area (Å²) in [5.74, 6) is 0.440. The van der Waals surface area contributed by atoms with Crippen molar-refractivity contribution in [1.82, 2.24) is 4.90 Å². The highest BCUT2D eigenvalue weighted by atomic mass is 16.2. The molecule has 0 bridgehead atoms. The van der Waals surface area contributed by atoms with Crippen molar-refractivity contribution in [3.8, 4) is 0 Å². The Hall–Kier alpha value is -1.57. The van der Waals surface area contributed by atoms with Gasteiger partial charge in [0.25, 0.3) is 5.91 Å². The summed E-state index contributed by atoms with van der Waals surface area (Å²) in [7, 11) is 0. The lowest BCUT2D eigenvalue weighted by Gasteiger charge is -2.32. The summed E-state index contributed by atoms with van der Waals surface area (Å²) in [6, 6.07) is 8.34. The summed E-state index contributed by atoms with van der Waals surface area (Å²) in [5.41, 5.74) is 1.94. The molecular weight excluding hydrogens is 246 g/mol. The van der Waals surface area contributed by atoms with Gasteiger partial charge in [-0.05, 0) is 51.7 Å². The van der Waals surface area contributed by atoms with E-state index in [1.54, 1.807) is 0 Å². The molecule has 1 aromatic carbocycles. The van der Waals surface area contributed by atoms with Crippen molar-refractivity contribution in [2.75, 3.05) is 0 Å². The van der Waals surface area contributed by atoms with Crippen LogP contribution in [0.5, 0.6) is 0 Å². The number of allylic oxidation sites excluding steroid dienone is 1. The average molecular weight is 273 g/mol. The van der Waals surface area contributed by atoms with Gasteiger partial charge >= 0.3 is 0 Å². The fourth-order valence-corrected chi connectivity index (χ4v) is 2.70. The average Bonchev–Trinajstić information content (AvgIpc) is 2.38. The molecule has 2 nitrogen and oxygen atoms in total. The quantitative estimate of drug-likeness (QED) is 0.692. The van der Waals surface area contributed by atoms with E-state index in [1.807, 2.05) is 29.2 Å². The Kier molecular flexibility index (Phi) is 6.00. The molecule has 0 aliphatic carbocycles. The zero-order valence-corrected chi connectivity index (χ0v) is 13.4. The number of carbonyl (C=O) groups excluding carboxylic acids is 1. The van der Waals surface area contributed by atoms with Crippen LogP contribution in [0.3, 0.4) is 0 Å². The molecule has 20 heavy (non-hydrogen) atoms. The molecule has 0 aliphatic rings. The van der Waals surface area contributed by atoms with E-state index in [-0.39, 0.29) is 18.0 Å². The van der Waals surface area contributed by atoms with E-state index in [0.29, 0.717) is 5.92 Å². The van der Waals surface area contributed by atoms with Crippen LogP contribution in [0.1, 0.15) is 62.9 Å². The van der Waals surface area contributed by atoms with Crippen molar-refractivity contribution in [3.05, 3.63) is 48.0 Å². The lowest BCUT2D eigenvalue weighted by molar-refractivity contribution is 0.0642. The van der Waals surface area contributed by atoms with E-state index in [4.69, 9.17) is 0 Å². The molecule has 1 amide bonds. The molecule has 110 valence electrons. The monoisotopic (exact) mass is 273 g/mol. The Morgan fingerprint density at radius 3 is 2.20 bits per heavy atom. The fraction of sp³-hybridized carbons (Fsp3) is 0.500. The topological polar surface area (TPSA) is 20.3 Å². The maximum atomic E-state index is 12.9. The van der Waals surface area contributed by atoms with Crippen LogP contribution >= 0.6 is 0 Å². The second-order valence-corrected chi connectivity index (χ2v) is 5.91. The van der Waals surface area contributed by atoms with Gasteiger partial charge in [0.15, 0.2) is 0 Å². The maximum absolute atomic E-state index is 12.9. The van der Waals surface area contributed by atoms with Gasteiger partial charge in [-0.25, -0.2) is 0 Å². The van der Waals surface area contributed by atoms with E-state index in [9.17, 15) is 4.79 Å². The smallest absolute Gasteiger partial charge is 0.254 e. The molecule has 0 saturated heterocycles. The number of benzene rings is 1. The first-order valence-electron chi connectivity index (χ1n) is 7.42. The molecule has 0 spiro atoms. The van der Waals surface area contributed by atoms with Gasteiger partial charge in [-0.15, -0.1) is 6.58 Å². The van der Waals surface area contributed by atoms with Gasteiger partial charge in [-0.1, -0.05) is 31.2 Å². The lowest BCUT2D eigenvalue weighted by atomic mass is 9.92. The third-order valence-electron chi connectivity index (χ3n) is 3.59. The lowest BCUT2D eigenvalue weighted by Crippen LogP contribution is -2.42. The first-order chi connectivity index (χ1) is 9.40. The molecule has 0 fully saturated rings. The molecule has 0 heterocycles. The minimum atomic E-state index is 0.126. The van der Waals surface area contributed by atoms with Gasteiger partial charge < -0.3 is 4.90 Å². The van der Waals surface area contributed by atoms with Crippen LogP contribution in [0, 0.1) is 0 Å². The van der Waals surface area contributed by atoms with Crippen molar-refractivity contribution in [1.29, 1.82) is 0 Å². The highest BCUT2D eigenvalue weighted by Crippen LogP contribution is 2.25. The van der Waals surface area contributed by atoms with Gasteiger partial charge in [0.05, 0.1) is 0 Å². The Balaban J connectivity index is 3.18. The number of hydrogen-bond donors (Lipinski definition) is 0. The van der Waals surface area contributed by atoms with Crippen LogP contribution < -0.4 is 0 Å². The van der Waals surface area contributed by atoms with E-state index in [1.165, 1.54) is 0 Å². The molecule has 0 unspecified atom stereocenters. The fourth-order valence-electron chi connectivity index (χ4n) is 2.70. The molecular formula is C18H27NO. The first kappa shape index (κ1) is 16.5. The van der Waals surface area contributed by atoms with E-state index >= 15 is 0 Å². The van der Waals surface area contributed by atoms with Crippen LogP contribution in [-0.2, 0) is 0 Å². The first-order valence-corrected chi connectivity index (χ1v) is 7.42. The summed E-state index contributed by atoms with van der Waals surface area (Å²) in [6.45, 7) is 14.2. The van der Waals surface area contributed by atoms with Crippen molar-refractivity contribution in [2.45, 2.75) is 59.0 Å². The Labute approximate surface area is 123 Å². The third-order valence-corrected chi connectivity index (χ3v) is 3.59. The van der Waals surface area contributed by atoms with Gasteiger partial charge in [0, 0.05) is 17.6 Å². The molecule has 0 saturated carbocycles. The summed E-state index contributed by atoms with van der Waals surface area (Å²) in [4.78, 5) is 14.8. The Morgan fingerprint density at radius 2 is 1.70 bits per heavy atom. The summed E-state index contributed by atoms with van der Waals surface area (Å²) in [6.07, 6.45) is 2.79. The molecule has 1 rings (SSSR count). The standard InChI is InChI=1S/C18H27NO/c1-7-10-15(6)16-11-8-9-12-17(16)18(20)19(13(2)3)14(4)5/h7-9,11-15H,1,10H2,2-6H3/t15-/m1/s1. The number of carbonyl (C=O) groups is 1. The van der Waals surface area contributed by atoms with E-state index < -0.39 is 0 Å². The minimum absolute atomic E-state index is 0.126. The van der Waals surface area contributed by atoms with Crippen molar-refractivity contribution < 1.29 is 4.79 Å². The van der Waals surface area contributed by atoms with Crippen LogP contribution in [0.25, 0.3) is 0 Å². The van der Waals surface area contributed by atoms with Gasteiger partial charge in [0.1, 0.15) is 0 Å². The Morgan fingerprint density at radius 1 is 1.15 bits per heavy atom. The minimum Gasteiger partial charge on any atom is -0.334 e. The highest BCUT2D eigenvalue weighted by Gasteiger charge is 2.24. The second kappa shape index (κ2) is 7.28. The summed E-state index contributed by atoms with van der Waals surface area (Å²) >= 11 is 0. The summed E-state index contributed by atoms with van der Waals surface area (Å²) < 4.78 is 0. The predicted molar refractivity (Wildman–Crippen MR) is 86.1 cm³/mol. The van der Waals surface area contributed by atoms with Crippen molar-refractivity contribution >= 4 is 5.91 Å². The normalized spacial score (nSPS) is 12.6. The molecule has 1 aromatic rings. The molecule has 0 radical (unpaired) electrons. The van der Waals surface area contributed by atoms with Crippen LogP contribution in [0.4, 0.5) is 0 Å². The predicted octanol–water partition coefficient (Wildman–Crippen LogP) is 4.63. The second-order valence-electron chi connectivity index (χ2n) is 5.91. The van der Waals surface area contributed by atoms with Gasteiger partial charge in [-0.3, -0.25) is 4.79 Å². The van der Waals surface area contributed by atoms with E-state index in [2.05, 4.69) is 47.3 Å². The third kappa shape index (κ3) is 3.72. The number of hydrogen-bond acceptors (Lipinski definition) is 1. The van der Waals surface area contributed by atoms with Crippen LogP contribution in [-0.4, -0.2) is 22.9 Å². The highest BCUT2D eigenvalue weighted by molar-refractivity contribution is 5.96. The molecule has 1 atom stereocenters. The largest absolute Gasteiger partial charge is 0.334 e. The summed E-state index contributed by atoms with van der Waals surface area (Å²) in [5, 5.41) is 0. The zero-order chi connectivity index (χ0) is 15.3. The van der Waals surface area contributed by atoms with Crippen LogP contribution in [0.15, 0.2) is 36.9 Å². The molecule has 0 aromatic heterocycles. The molecule has 2 heteroatoms. The van der Waals surface area contributed by atoms with Gasteiger partial charge in [-0.2, -0.15) is 0 Å². The van der Waals surface area contributed by atoms with Crippen LogP contribution in [0.2, 0.25) is 0 Å². The number of rotatable bonds is 6. The van der Waals surface area contributed by atoms with Crippen molar-refractivity contribution in [2.24, 2.45) is 0 Å². The SMILES string of the molecule is C=CC[C@@H](C)c1ccccc1C(=O)N(C(C)C)C(C)C. The Bertz CT molecular complexity index is 454. The number of amides is 1. The van der Waals surface area contributed by atoms with E-state index in [0.717, 1.165) is 17.5 Å². The maximum Gasteiger partial charge on any atom is 0.254 e. The molecule has 0 aliphatic heterocycles. The molecule has 0 N–H and O–H groups in total. The zero-order valence-electron chi connectivity index (χ0n) is 13.4. The number of nitrogens with zero attached hydrogens (tertiary/aromatic N) is 1.